The van der Waals surface area contributed by atoms with E-state index in [9.17, 15) is 9.90 Å². The SMILES string of the molecule is CC(C)CC[C@H]1C[C@](C)([C@@H](C)O)OC1=O. The minimum atomic E-state index is -0.668. The number of rotatable bonds is 4. The zero-order valence-corrected chi connectivity index (χ0v) is 10.1. The Morgan fingerprint density at radius 2 is 2.13 bits per heavy atom. The second-order valence-electron chi connectivity index (χ2n) is 5.28. The van der Waals surface area contributed by atoms with Crippen LogP contribution in [0.25, 0.3) is 0 Å². The molecule has 3 nitrogen and oxygen atoms in total. The van der Waals surface area contributed by atoms with E-state index in [4.69, 9.17) is 4.74 Å². The summed E-state index contributed by atoms with van der Waals surface area (Å²) in [4.78, 5) is 11.6. The van der Waals surface area contributed by atoms with Crippen LogP contribution in [0.5, 0.6) is 0 Å². The average Bonchev–Trinajstić information content (AvgIpc) is 2.39. The van der Waals surface area contributed by atoms with E-state index in [1.165, 1.54) is 0 Å². The van der Waals surface area contributed by atoms with Crippen molar-refractivity contribution in [2.24, 2.45) is 11.8 Å². The zero-order chi connectivity index (χ0) is 11.6. The summed E-state index contributed by atoms with van der Waals surface area (Å²) in [5.41, 5.74) is -0.668. The first-order valence-electron chi connectivity index (χ1n) is 5.76. The molecule has 1 rings (SSSR count). The van der Waals surface area contributed by atoms with E-state index in [0.717, 1.165) is 12.8 Å². The lowest BCUT2D eigenvalue weighted by Gasteiger charge is -2.25. The maximum absolute atomic E-state index is 11.6. The lowest BCUT2D eigenvalue weighted by atomic mass is 9.88. The second kappa shape index (κ2) is 4.52. The molecular weight excluding hydrogens is 192 g/mol. The largest absolute Gasteiger partial charge is 0.456 e. The van der Waals surface area contributed by atoms with Crippen molar-refractivity contribution in [1.82, 2.24) is 0 Å². The number of carbonyl (C=O) groups is 1. The quantitative estimate of drug-likeness (QED) is 0.729. The predicted octanol–water partition coefficient (Wildman–Crippen LogP) is 2.13. The Morgan fingerprint density at radius 3 is 2.53 bits per heavy atom. The summed E-state index contributed by atoms with van der Waals surface area (Å²) in [7, 11) is 0. The van der Waals surface area contributed by atoms with E-state index < -0.39 is 11.7 Å². The van der Waals surface area contributed by atoms with Gasteiger partial charge < -0.3 is 9.84 Å². The molecule has 0 radical (unpaired) electrons. The summed E-state index contributed by atoms with van der Waals surface area (Å²) in [5.74, 6) is 0.447. The van der Waals surface area contributed by atoms with Crippen LogP contribution in [-0.4, -0.2) is 22.8 Å². The van der Waals surface area contributed by atoms with Crippen molar-refractivity contribution in [1.29, 1.82) is 0 Å². The van der Waals surface area contributed by atoms with Gasteiger partial charge in [0.2, 0.25) is 0 Å². The van der Waals surface area contributed by atoms with Crippen LogP contribution in [0.1, 0.15) is 47.0 Å². The van der Waals surface area contributed by atoms with Gasteiger partial charge in [0.05, 0.1) is 12.0 Å². The molecule has 0 spiro atoms. The van der Waals surface area contributed by atoms with Gasteiger partial charge in [-0.05, 0) is 26.2 Å². The summed E-state index contributed by atoms with van der Waals surface area (Å²) in [5, 5.41) is 9.55. The number of carbonyl (C=O) groups excluding carboxylic acids is 1. The van der Waals surface area contributed by atoms with Crippen LogP contribution < -0.4 is 0 Å². The molecule has 15 heavy (non-hydrogen) atoms. The molecule has 1 heterocycles. The number of ether oxygens (including phenoxy) is 1. The Hall–Kier alpha value is -0.570. The molecule has 1 saturated heterocycles. The minimum Gasteiger partial charge on any atom is -0.456 e. The van der Waals surface area contributed by atoms with Crippen LogP contribution in [0.3, 0.4) is 0 Å². The molecule has 0 unspecified atom stereocenters. The normalized spacial score (nSPS) is 33.2. The third kappa shape index (κ3) is 2.94. The fraction of sp³-hybridized carbons (Fsp3) is 0.917. The first-order valence-corrected chi connectivity index (χ1v) is 5.76. The molecule has 0 aliphatic carbocycles. The van der Waals surface area contributed by atoms with Gasteiger partial charge >= 0.3 is 5.97 Å². The molecule has 0 amide bonds. The number of hydrogen-bond donors (Lipinski definition) is 1. The monoisotopic (exact) mass is 214 g/mol. The van der Waals surface area contributed by atoms with Crippen molar-refractivity contribution in [3.8, 4) is 0 Å². The third-order valence-corrected chi connectivity index (χ3v) is 3.30. The summed E-state index contributed by atoms with van der Waals surface area (Å²) >= 11 is 0. The fourth-order valence-corrected chi connectivity index (χ4v) is 1.94. The first-order chi connectivity index (χ1) is 6.85. The van der Waals surface area contributed by atoms with Crippen LogP contribution in [0.4, 0.5) is 0 Å². The van der Waals surface area contributed by atoms with Gasteiger partial charge in [-0.3, -0.25) is 4.79 Å². The molecule has 3 heteroatoms. The highest BCUT2D eigenvalue weighted by Crippen LogP contribution is 2.36. The highest BCUT2D eigenvalue weighted by atomic mass is 16.6. The Kier molecular flexibility index (Phi) is 3.77. The molecular formula is C12H22O3. The predicted molar refractivity (Wildman–Crippen MR) is 58.4 cm³/mol. The van der Waals surface area contributed by atoms with Gasteiger partial charge in [0.1, 0.15) is 5.60 Å². The highest BCUT2D eigenvalue weighted by molar-refractivity contribution is 5.75. The third-order valence-electron chi connectivity index (χ3n) is 3.30. The van der Waals surface area contributed by atoms with Crippen molar-refractivity contribution < 1.29 is 14.6 Å². The smallest absolute Gasteiger partial charge is 0.309 e. The number of aliphatic hydroxyl groups excluding tert-OH is 1. The Morgan fingerprint density at radius 1 is 1.53 bits per heavy atom. The van der Waals surface area contributed by atoms with Crippen molar-refractivity contribution in [2.75, 3.05) is 0 Å². The van der Waals surface area contributed by atoms with Gasteiger partial charge in [-0.2, -0.15) is 0 Å². The standard InChI is InChI=1S/C12H22O3/c1-8(2)5-6-10-7-12(4,9(3)13)15-11(10)14/h8-10,13H,5-7H2,1-4H3/t9-,10+,12-/m1/s1. The first kappa shape index (κ1) is 12.5. The van der Waals surface area contributed by atoms with E-state index in [1.54, 1.807) is 6.92 Å². The minimum absolute atomic E-state index is 0.0213. The summed E-state index contributed by atoms with van der Waals surface area (Å²) in [6.45, 7) is 7.78. The second-order valence-corrected chi connectivity index (χ2v) is 5.28. The average molecular weight is 214 g/mol. The summed E-state index contributed by atoms with van der Waals surface area (Å²) in [6, 6.07) is 0. The van der Waals surface area contributed by atoms with Gasteiger partial charge in [-0.25, -0.2) is 0 Å². The van der Waals surface area contributed by atoms with Gasteiger partial charge in [0, 0.05) is 6.42 Å². The van der Waals surface area contributed by atoms with Crippen LogP contribution >= 0.6 is 0 Å². The van der Waals surface area contributed by atoms with Gasteiger partial charge in [0.25, 0.3) is 0 Å². The van der Waals surface area contributed by atoms with Crippen molar-refractivity contribution in [3.63, 3.8) is 0 Å². The van der Waals surface area contributed by atoms with E-state index >= 15 is 0 Å². The Labute approximate surface area is 91.8 Å². The molecule has 0 aromatic heterocycles. The number of cyclic esters (lactones) is 1. The Bertz CT molecular complexity index is 235. The van der Waals surface area contributed by atoms with Crippen molar-refractivity contribution >= 4 is 5.97 Å². The summed E-state index contributed by atoms with van der Waals surface area (Å²) in [6.07, 6.45) is 1.97. The molecule has 3 atom stereocenters. The van der Waals surface area contributed by atoms with Crippen LogP contribution in [-0.2, 0) is 9.53 Å². The van der Waals surface area contributed by atoms with E-state index in [2.05, 4.69) is 13.8 Å². The van der Waals surface area contributed by atoms with Crippen molar-refractivity contribution in [3.05, 3.63) is 0 Å². The molecule has 0 bridgehead atoms. The molecule has 0 aromatic rings. The van der Waals surface area contributed by atoms with Crippen LogP contribution in [0, 0.1) is 11.8 Å². The maximum Gasteiger partial charge on any atom is 0.309 e. The van der Waals surface area contributed by atoms with E-state index in [1.807, 2.05) is 6.92 Å². The fourth-order valence-electron chi connectivity index (χ4n) is 1.94. The Balaban J connectivity index is 2.53. The molecule has 1 aliphatic heterocycles. The van der Waals surface area contributed by atoms with E-state index in [-0.39, 0.29) is 11.9 Å². The molecule has 88 valence electrons. The highest BCUT2D eigenvalue weighted by Gasteiger charge is 2.46. The van der Waals surface area contributed by atoms with E-state index in [0.29, 0.717) is 12.3 Å². The van der Waals surface area contributed by atoms with Gasteiger partial charge in [-0.15, -0.1) is 0 Å². The zero-order valence-electron chi connectivity index (χ0n) is 10.1. The lowest BCUT2D eigenvalue weighted by Crippen LogP contribution is -2.36. The molecule has 0 aromatic carbocycles. The molecule has 1 aliphatic rings. The number of esters is 1. The number of hydrogen-bond acceptors (Lipinski definition) is 3. The number of aliphatic hydroxyl groups is 1. The van der Waals surface area contributed by atoms with Gasteiger partial charge in [0.15, 0.2) is 0 Å². The maximum atomic E-state index is 11.6. The lowest BCUT2D eigenvalue weighted by molar-refractivity contribution is -0.156. The molecule has 0 saturated carbocycles. The molecule has 1 N–H and O–H groups in total. The van der Waals surface area contributed by atoms with Crippen molar-refractivity contribution in [2.45, 2.75) is 58.7 Å². The van der Waals surface area contributed by atoms with Crippen LogP contribution in [0.15, 0.2) is 0 Å². The molecule has 1 fully saturated rings. The summed E-state index contributed by atoms with van der Waals surface area (Å²) < 4.78 is 5.27. The van der Waals surface area contributed by atoms with Crippen LogP contribution in [0.2, 0.25) is 0 Å². The topological polar surface area (TPSA) is 46.5 Å². The van der Waals surface area contributed by atoms with Gasteiger partial charge in [-0.1, -0.05) is 20.3 Å².